The van der Waals surface area contributed by atoms with Crippen LogP contribution in [0.5, 0.6) is 0 Å². The van der Waals surface area contributed by atoms with Gasteiger partial charge in [0.05, 0.1) is 5.69 Å². The summed E-state index contributed by atoms with van der Waals surface area (Å²) in [4.78, 5) is 27.9. The molecule has 1 fully saturated rings. The summed E-state index contributed by atoms with van der Waals surface area (Å²) in [5, 5.41) is 9.03. The summed E-state index contributed by atoms with van der Waals surface area (Å²) in [5.74, 6) is -0.0463. The minimum Gasteiger partial charge on any atom is -0.396 e. The molecule has 6 nitrogen and oxygen atoms in total. The van der Waals surface area contributed by atoms with Gasteiger partial charge in [0.2, 0.25) is 11.9 Å². The summed E-state index contributed by atoms with van der Waals surface area (Å²) in [6.07, 6.45) is 7.72. The number of halogens is 1. The minimum atomic E-state index is -0.545. The normalized spacial score (nSPS) is 16.3. The second-order valence-electron chi connectivity index (χ2n) is 8.44. The Kier molecular flexibility index (Phi) is 5.06. The van der Waals surface area contributed by atoms with Gasteiger partial charge in [-0.1, -0.05) is 24.3 Å². The highest BCUT2D eigenvalue weighted by Crippen LogP contribution is 2.57. The highest BCUT2D eigenvalue weighted by atomic mass is 19.1. The van der Waals surface area contributed by atoms with Crippen LogP contribution in [0.25, 0.3) is 11.3 Å². The van der Waals surface area contributed by atoms with E-state index in [1.54, 1.807) is 37.5 Å². The van der Waals surface area contributed by atoms with E-state index in [0.717, 1.165) is 25.1 Å². The third-order valence-electron chi connectivity index (χ3n) is 6.26. The van der Waals surface area contributed by atoms with Gasteiger partial charge in [0.25, 0.3) is 0 Å². The number of fused-ring (bicyclic) bond motifs is 2. The van der Waals surface area contributed by atoms with E-state index in [1.807, 2.05) is 12.1 Å². The zero-order valence-corrected chi connectivity index (χ0v) is 17.8. The molecule has 162 valence electrons. The third-order valence-corrected chi connectivity index (χ3v) is 6.26. The molecule has 3 aromatic rings. The Morgan fingerprint density at radius 1 is 1.22 bits per heavy atom. The Balaban J connectivity index is 1.48. The molecule has 0 bridgehead atoms. The minimum absolute atomic E-state index is 0.0174. The lowest BCUT2D eigenvalue weighted by molar-refractivity contribution is 0.103. The van der Waals surface area contributed by atoms with Crippen LogP contribution in [0, 0.1) is 5.95 Å². The van der Waals surface area contributed by atoms with Crippen molar-refractivity contribution in [1.82, 2.24) is 15.0 Å². The van der Waals surface area contributed by atoms with Crippen LogP contribution in [0.3, 0.4) is 0 Å². The Morgan fingerprint density at radius 3 is 2.69 bits per heavy atom. The average Bonchev–Trinajstić information content (AvgIpc) is 3.53. The molecule has 0 unspecified atom stereocenters. The van der Waals surface area contributed by atoms with Crippen LogP contribution in [-0.2, 0) is 5.41 Å². The summed E-state index contributed by atoms with van der Waals surface area (Å²) in [7, 11) is 0. The smallest absolute Gasteiger partial charge is 0.229 e. The van der Waals surface area contributed by atoms with E-state index in [0.29, 0.717) is 34.8 Å². The summed E-state index contributed by atoms with van der Waals surface area (Å²) in [6.45, 7) is 2.56. The number of aliphatic hydroxyl groups excluding tert-OH is 1. The van der Waals surface area contributed by atoms with Gasteiger partial charge in [-0.3, -0.25) is 4.79 Å². The number of carbonyl (C=O) groups excluding carboxylic acids is 1. The zero-order chi connectivity index (χ0) is 22.3. The second-order valence-corrected chi connectivity index (χ2v) is 8.44. The van der Waals surface area contributed by atoms with Crippen LogP contribution in [0.1, 0.15) is 42.1 Å². The molecule has 1 aliphatic carbocycles. The van der Waals surface area contributed by atoms with Crippen LogP contribution in [-0.4, -0.2) is 39.0 Å². The first kappa shape index (κ1) is 20.5. The van der Waals surface area contributed by atoms with E-state index in [1.165, 1.54) is 11.6 Å². The van der Waals surface area contributed by atoms with E-state index in [4.69, 9.17) is 5.11 Å². The molecule has 5 rings (SSSR count). The van der Waals surface area contributed by atoms with Gasteiger partial charge in [0.1, 0.15) is 0 Å². The first-order chi connectivity index (χ1) is 15.5. The lowest BCUT2D eigenvalue weighted by Gasteiger charge is -2.18. The lowest BCUT2D eigenvalue weighted by atomic mass is 9.95. The van der Waals surface area contributed by atoms with Crippen LogP contribution in [0.4, 0.5) is 16.0 Å². The first-order valence-electron chi connectivity index (χ1n) is 10.7. The fraction of sp³-hybridized carbons (Fsp3) is 0.280. The third kappa shape index (κ3) is 3.58. The molecule has 0 atom stereocenters. The Bertz CT molecular complexity index is 1220. The Morgan fingerprint density at radius 2 is 2.00 bits per heavy atom. The SMILES string of the molecule is C/C(=C\CCO)C(=O)c1ccc2c(c1)N(c1ncc(-c3cccc(F)n3)cn1)CC21CC1. The first-order valence-corrected chi connectivity index (χ1v) is 10.7. The van der Waals surface area contributed by atoms with Crippen molar-refractivity contribution in [3.05, 3.63) is 77.5 Å². The number of anilines is 2. The molecule has 1 spiro atoms. The number of benzene rings is 1. The number of pyridine rings is 1. The highest BCUT2D eigenvalue weighted by molar-refractivity contribution is 6.09. The molecule has 1 aliphatic heterocycles. The van der Waals surface area contributed by atoms with Crippen LogP contribution >= 0.6 is 0 Å². The molecule has 0 radical (unpaired) electrons. The lowest BCUT2D eigenvalue weighted by Crippen LogP contribution is -2.21. The topological polar surface area (TPSA) is 79.2 Å². The molecule has 7 heteroatoms. The number of aliphatic hydroxyl groups is 1. The maximum absolute atomic E-state index is 13.5. The van der Waals surface area contributed by atoms with Crippen LogP contribution in [0.2, 0.25) is 0 Å². The van der Waals surface area contributed by atoms with Crippen molar-refractivity contribution in [3.8, 4) is 11.3 Å². The van der Waals surface area contributed by atoms with Gasteiger partial charge in [0.15, 0.2) is 5.78 Å². The highest BCUT2D eigenvalue weighted by Gasteiger charge is 2.52. The fourth-order valence-electron chi connectivity index (χ4n) is 4.34. The maximum atomic E-state index is 13.5. The predicted molar refractivity (Wildman–Crippen MR) is 119 cm³/mol. The van der Waals surface area contributed by atoms with Gasteiger partial charge in [-0.05, 0) is 55.5 Å². The van der Waals surface area contributed by atoms with Crippen molar-refractivity contribution in [1.29, 1.82) is 0 Å². The summed E-state index contributed by atoms with van der Waals surface area (Å²) < 4.78 is 13.5. The van der Waals surface area contributed by atoms with E-state index in [2.05, 4.69) is 25.9 Å². The van der Waals surface area contributed by atoms with Gasteiger partial charge < -0.3 is 10.0 Å². The molecule has 2 aliphatic rings. The monoisotopic (exact) mass is 430 g/mol. The molecule has 1 N–H and O–H groups in total. The van der Waals surface area contributed by atoms with Crippen molar-refractivity contribution < 1.29 is 14.3 Å². The number of rotatable bonds is 6. The van der Waals surface area contributed by atoms with E-state index in [9.17, 15) is 9.18 Å². The summed E-state index contributed by atoms with van der Waals surface area (Å²) in [6, 6.07) is 10.5. The fourth-order valence-corrected chi connectivity index (χ4v) is 4.34. The maximum Gasteiger partial charge on any atom is 0.229 e. The quantitative estimate of drug-likeness (QED) is 0.355. The van der Waals surface area contributed by atoms with E-state index in [-0.39, 0.29) is 17.8 Å². The van der Waals surface area contributed by atoms with Gasteiger partial charge in [-0.15, -0.1) is 0 Å². The summed E-state index contributed by atoms with van der Waals surface area (Å²) in [5.41, 5.74) is 4.64. The predicted octanol–water partition coefficient (Wildman–Crippen LogP) is 4.37. The molecule has 3 heterocycles. The molecule has 1 saturated carbocycles. The number of hydrogen-bond acceptors (Lipinski definition) is 6. The van der Waals surface area contributed by atoms with E-state index < -0.39 is 5.95 Å². The molecule has 0 saturated heterocycles. The van der Waals surface area contributed by atoms with Crippen molar-refractivity contribution in [2.24, 2.45) is 0 Å². The zero-order valence-electron chi connectivity index (χ0n) is 17.8. The average molecular weight is 430 g/mol. The number of carbonyl (C=O) groups is 1. The van der Waals surface area contributed by atoms with Crippen molar-refractivity contribution in [3.63, 3.8) is 0 Å². The van der Waals surface area contributed by atoms with Crippen molar-refractivity contribution in [2.45, 2.75) is 31.6 Å². The molecule has 1 aromatic carbocycles. The second kappa shape index (κ2) is 7.91. The molecular weight excluding hydrogens is 407 g/mol. The Labute approximate surface area is 185 Å². The standard InChI is InChI=1S/C25H23FN4O2/c1-16(4-3-11-31)23(32)17-7-8-19-21(12-17)30(15-25(19)9-10-25)24-27-13-18(14-28-24)20-5-2-6-22(26)29-20/h2,4-8,12-14,31H,3,9-11,15H2,1H3/b16-4+. The van der Waals surface area contributed by atoms with Crippen molar-refractivity contribution in [2.75, 3.05) is 18.1 Å². The number of nitrogens with zero attached hydrogens (tertiary/aromatic N) is 4. The number of allylic oxidation sites excluding steroid dienone is 1. The van der Waals surface area contributed by atoms with Crippen LogP contribution < -0.4 is 4.90 Å². The van der Waals surface area contributed by atoms with E-state index >= 15 is 0 Å². The Hall–Kier alpha value is -3.45. The summed E-state index contributed by atoms with van der Waals surface area (Å²) >= 11 is 0. The molecule has 0 amide bonds. The molecule has 2 aromatic heterocycles. The van der Waals surface area contributed by atoms with Gasteiger partial charge in [-0.2, -0.15) is 4.39 Å². The molecular formula is C25H23FN4O2. The number of aromatic nitrogens is 3. The number of ketones is 1. The number of hydrogen-bond donors (Lipinski definition) is 1. The van der Waals surface area contributed by atoms with Crippen molar-refractivity contribution >= 4 is 17.4 Å². The largest absolute Gasteiger partial charge is 0.396 e. The van der Waals surface area contributed by atoms with Gasteiger partial charge in [-0.25, -0.2) is 15.0 Å². The number of Topliss-reactive ketones (excluding diaryl/α,β-unsaturated/α-hetero) is 1. The van der Waals surface area contributed by atoms with Gasteiger partial charge in [0, 0.05) is 47.8 Å². The molecule has 32 heavy (non-hydrogen) atoms. The van der Waals surface area contributed by atoms with Crippen LogP contribution in [0.15, 0.2) is 60.4 Å². The van der Waals surface area contributed by atoms with Gasteiger partial charge >= 0.3 is 0 Å².